The molecule has 0 bridgehead atoms. The molecule has 0 radical (unpaired) electrons. The van der Waals surface area contributed by atoms with E-state index < -0.39 is 21.9 Å². The van der Waals surface area contributed by atoms with Crippen molar-refractivity contribution in [2.24, 2.45) is 4.99 Å². The van der Waals surface area contributed by atoms with E-state index in [4.69, 9.17) is 0 Å². The summed E-state index contributed by atoms with van der Waals surface area (Å²) in [5, 5.41) is 0. The molecular formula is C15H12F3NO3S. The molecule has 0 heterocycles. The average Bonchev–Trinajstić information content (AvgIpc) is 2.44. The zero-order valence-electron chi connectivity index (χ0n) is 11.9. The lowest BCUT2D eigenvalue weighted by molar-refractivity contribution is -0.137. The molecule has 23 heavy (non-hydrogen) atoms. The Labute approximate surface area is 131 Å². The highest BCUT2D eigenvalue weighted by molar-refractivity contribution is 7.86. The SMILES string of the molecule is CS(=O)(=O)Oc1ccc(C=Nc2cccc(C(F)(F)F)c2)cc1. The molecule has 4 nitrogen and oxygen atoms in total. The van der Waals surface area contributed by atoms with Crippen LogP contribution in [-0.2, 0) is 16.3 Å². The smallest absolute Gasteiger partial charge is 0.383 e. The van der Waals surface area contributed by atoms with E-state index in [-0.39, 0.29) is 11.4 Å². The minimum atomic E-state index is -4.42. The van der Waals surface area contributed by atoms with Gasteiger partial charge in [0.15, 0.2) is 0 Å². The summed E-state index contributed by atoms with van der Waals surface area (Å²) in [6.45, 7) is 0. The number of halogens is 3. The van der Waals surface area contributed by atoms with Gasteiger partial charge in [0.25, 0.3) is 0 Å². The number of hydrogen-bond acceptors (Lipinski definition) is 4. The van der Waals surface area contributed by atoms with Crippen molar-refractivity contribution in [2.45, 2.75) is 6.18 Å². The van der Waals surface area contributed by atoms with Gasteiger partial charge in [-0.1, -0.05) is 6.07 Å². The van der Waals surface area contributed by atoms with Crippen LogP contribution in [0, 0.1) is 0 Å². The van der Waals surface area contributed by atoms with Gasteiger partial charge in [0.05, 0.1) is 17.5 Å². The summed E-state index contributed by atoms with van der Waals surface area (Å²) in [4.78, 5) is 3.97. The van der Waals surface area contributed by atoms with Crippen molar-refractivity contribution >= 4 is 22.0 Å². The van der Waals surface area contributed by atoms with Crippen LogP contribution in [-0.4, -0.2) is 20.9 Å². The number of benzene rings is 2. The fraction of sp³-hybridized carbons (Fsp3) is 0.133. The minimum Gasteiger partial charge on any atom is -0.383 e. The quantitative estimate of drug-likeness (QED) is 0.627. The van der Waals surface area contributed by atoms with E-state index in [9.17, 15) is 21.6 Å². The third-order valence-corrected chi connectivity index (χ3v) is 3.16. The molecule has 2 rings (SSSR count). The summed E-state index contributed by atoms with van der Waals surface area (Å²) >= 11 is 0. The second kappa shape index (κ2) is 6.41. The van der Waals surface area contributed by atoms with E-state index in [1.165, 1.54) is 42.6 Å². The number of aliphatic imine (C=N–C) groups is 1. The fourth-order valence-corrected chi connectivity index (χ4v) is 2.16. The lowest BCUT2D eigenvalue weighted by atomic mass is 10.2. The van der Waals surface area contributed by atoms with Gasteiger partial charge in [0.1, 0.15) is 5.75 Å². The number of alkyl halides is 3. The first-order valence-corrected chi connectivity index (χ1v) is 8.16. The molecule has 2 aromatic carbocycles. The lowest BCUT2D eigenvalue weighted by Crippen LogP contribution is -2.05. The molecule has 0 aliphatic heterocycles. The molecule has 122 valence electrons. The van der Waals surface area contributed by atoms with Gasteiger partial charge in [-0.25, -0.2) is 0 Å². The Morgan fingerprint density at radius 1 is 1.09 bits per heavy atom. The van der Waals surface area contributed by atoms with Crippen molar-refractivity contribution in [2.75, 3.05) is 6.26 Å². The van der Waals surface area contributed by atoms with Crippen molar-refractivity contribution in [3.05, 3.63) is 59.7 Å². The predicted octanol–water partition coefficient (Wildman–Crippen LogP) is 3.79. The molecule has 0 aliphatic carbocycles. The van der Waals surface area contributed by atoms with Gasteiger partial charge < -0.3 is 4.18 Å². The fourth-order valence-electron chi connectivity index (χ4n) is 1.70. The van der Waals surface area contributed by atoms with E-state index in [2.05, 4.69) is 9.18 Å². The molecule has 0 N–H and O–H groups in total. The molecule has 0 unspecified atom stereocenters. The van der Waals surface area contributed by atoms with Gasteiger partial charge in [-0.15, -0.1) is 0 Å². The highest BCUT2D eigenvalue weighted by Gasteiger charge is 2.30. The van der Waals surface area contributed by atoms with Crippen LogP contribution < -0.4 is 4.18 Å². The van der Waals surface area contributed by atoms with Gasteiger partial charge >= 0.3 is 16.3 Å². The first-order chi connectivity index (χ1) is 10.6. The average molecular weight is 343 g/mol. The topological polar surface area (TPSA) is 55.7 Å². The maximum atomic E-state index is 12.6. The van der Waals surface area contributed by atoms with Crippen LogP contribution in [0.5, 0.6) is 5.75 Å². The third kappa shape index (κ3) is 5.41. The number of nitrogens with zero attached hydrogens (tertiary/aromatic N) is 1. The summed E-state index contributed by atoms with van der Waals surface area (Å²) in [6.07, 6.45) is -2.12. The van der Waals surface area contributed by atoms with E-state index in [1.807, 2.05) is 0 Å². The second-order valence-corrected chi connectivity index (χ2v) is 6.24. The lowest BCUT2D eigenvalue weighted by Gasteiger charge is -2.06. The molecule has 0 spiro atoms. The largest absolute Gasteiger partial charge is 0.416 e. The van der Waals surface area contributed by atoms with Gasteiger partial charge in [0.2, 0.25) is 0 Å². The van der Waals surface area contributed by atoms with Crippen LogP contribution >= 0.6 is 0 Å². The standard InChI is InChI=1S/C15H12F3NO3S/c1-23(20,21)22-14-7-5-11(6-8-14)10-19-13-4-2-3-12(9-13)15(16,17)18/h2-10H,1H3. The Morgan fingerprint density at radius 3 is 2.30 bits per heavy atom. The summed E-state index contributed by atoms with van der Waals surface area (Å²) in [6, 6.07) is 10.6. The van der Waals surface area contributed by atoms with Crippen molar-refractivity contribution in [3.63, 3.8) is 0 Å². The number of rotatable bonds is 4. The van der Waals surface area contributed by atoms with Gasteiger partial charge in [-0.3, -0.25) is 4.99 Å². The van der Waals surface area contributed by atoms with Crippen LogP contribution in [0.3, 0.4) is 0 Å². The van der Waals surface area contributed by atoms with Crippen LogP contribution in [0.2, 0.25) is 0 Å². The van der Waals surface area contributed by atoms with Gasteiger partial charge in [0, 0.05) is 6.21 Å². The maximum absolute atomic E-state index is 12.6. The third-order valence-electron chi connectivity index (χ3n) is 2.66. The van der Waals surface area contributed by atoms with Crippen molar-refractivity contribution in [1.29, 1.82) is 0 Å². The number of hydrogen-bond donors (Lipinski definition) is 0. The summed E-state index contributed by atoms with van der Waals surface area (Å²) in [5.41, 5.74) is -0.0244. The zero-order chi connectivity index (χ0) is 17.1. The molecule has 0 aliphatic rings. The zero-order valence-corrected chi connectivity index (χ0v) is 12.7. The van der Waals surface area contributed by atoms with Crippen LogP contribution in [0.25, 0.3) is 0 Å². The van der Waals surface area contributed by atoms with Gasteiger partial charge in [-0.2, -0.15) is 21.6 Å². The molecule has 0 saturated heterocycles. The minimum absolute atomic E-state index is 0.142. The summed E-state index contributed by atoms with van der Waals surface area (Å²) < 4.78 is 64.4. The first-order valence-electron chi connectivity index (χ1n) is 6.34. The molecule has 0 fully saturated rings. The van der Waals surface area contributed by atoms with Crippen molar-refractivity contribution in [3.8, 4) is 5.75 Å². The van der Waals surface area contributed by atoms with Gasteiger partial charge in [-0.05, 0) is 48.0 Å². The van der Waals surface area contributed by atoms with Crippen molar-refractivity contribution in [1.82, 2.24) is 0 Å². The van der Waals surface area contributed by atoms with E-state index in [0.717, 1.165) is 18.4 Å². The summed E-state index contributed by atoms with van der Waals surface area (Å²) in [7, 11) is -3.60. The molecular weight excluding hydrogens is 331 g/mol. The Bertz CT molecular complexity index is 813. The molecule has 2 aromatic rings. The molecule has 0 atom stereocenters. The molecule has 0 saturated carbocycles. The normalized spacial score (nSPS) is 12.5. The second-order valence-electron chi connectivity index (χ2n) is 4.66. The van der Waals surface area contributed by atoms with Crippen molar-refractivity contribution < 1.29 is 25.8 Å². The molecule has 8 heteroatoms. The maximum Gasteiger partial charge on any atom is 0.416 e. The monoisotopic (exact) mass is 343 g/mol. The van der Waals surface area contributed by atoms with E-state index in [0.29, 0.717) is 5.56 Å². The highest BCUT2D eigenvalue weighted by atomic mass is 32.2. The first kappa shape index (κ1) is 17.0. The van der Waals surface area contributed by atoms with Crippen LogP contribution in [0.15, 0.2) is 53.5 Å². The molecule has 0 aromatic heterocycles. The summed E-state index contributed by atoms with van der Waals surface area (Å²) in [5.74, 6) is 0.142. The Balaban J connectivity index is 2.14. The predicted molar refractivity (Wildman–Crippen MR) is 80.6 cm³/mol. The highest BCUT2D eigenvalue weighted by Crippen LogP contribution is 2.31. The van der Waals surface area contributed by atoms with Crippen LogP contribution in [0.1, 0.15) is 11.1 Å². The molecule has 0 amide bonds. The Morgan fingerprint density at radius 2 is 1.74 bits per heavy atom. The van der Waals surface area contributed by atoms with E-state index >= 15 is 0 Å². The van der Waals surface area contributed by atoms with Crippen LogP contribution in [0.4, 0.5) is 18.9 Å². The Hall–Kier alpha value is -2.35. The Kier molecular flexibility index (Phi) is 4.74. The van der Waals surface area contributed by atoms with E-state index in [1.54, 1.807) is 0 Å².